The van der Waals surface area contributed by atoms with E-state index in [1.165, 1.54) is 33.4 Å². The van der Waals surface area contributed by atoms with Crippen LogP contribution in [0, 0.1) is 0 Å². The van der Waals surface area contributed by atoms with Crippen molar-refractivity contribution >= 4 is 0 Å². The van der Waals surface area contributed by atoms with Gasteiger partial charge in [-0.3, -0.25) is 0 Å². The molecule has 0 unspecified atom stereocenters. The van der Waals surface area contributed by atoms with E-state index >= 15 is 0 Å². The maximum absolute atomic E-state index is 2.45. The molecule has 0 spiro atoms. The first-order valence-corrected chi connectivity index (χ1v) is 9.81. The molecule has 2 rings (SSSR count). The lowest BCUT2D eigenvalue weighted by atomic mass is 9.76. The Morgan fingerprint density at radius 1 is 0.680 bits per heavy atom. The van der Waals surface area contributed by atoms with Crippen molar-refractivity contribution < 1.29 is 0 Å². The molecule has 0 aliphatic heterocycles. The Bertz CT molecular complexity index is 695. The normalized spacial score (nSPS) is 12.5. The van der Waals surface area contributed by atoms with Gasteiger partial charge in [0.15, 0.2) is 0 Å². The summed E-state index contributed by atoms with van der Waals surface area (Å²) in [4.78, 5) is 0. The molecule has 0 aliphatic rings. The van der Waals surface area contributed by atoms with E-state index in [9.17, 15) is 0 Å². The summed E-state index contributed by atoms with van der Waals surface area (Å²) in [6, 6.07) is 13.9. The second-order valence-corrected chi connectivity index (χ2v) is 9.33. The zero-order chi connectivity index (χ0) is 18.9. The minimum absolute atomic E-state index is 0.135. The Morgan fingerprint density at radius 3 is 1.56 bits per heavy atom. The van der Waals surface area contributed by atoms with Gasteiger partial charge in [0.2, 0.25) is 0 Å². The maximum Gasteiger partial charge on any atom is -0.0111 e. The molecular formula is C25H36. The van der Waals surface area contributed by atoms with Gasteiger partial charge >= 0.3 is 0 Å². The van der Waals surface area contributed by atoms with Crippen LogP contribution in [0.5, 0.6) is 0 Å². The van der Waals surface area contributed by atoms with E-state index in [0.29, 0.717) is 17.8 Å². The van der Waals surface area contributed by atoms with Crippen molar-refractivity contribution in [3.63, 3.8) is 0 Å². The molecule has 0 bridgehead atoms. The first kappa shape index (κ1) is 19.8. The lowest BCUT2D eigenvalue weighted by Crippen LogP contribution is -2.14. The van der Waals surface area contributed by atoms with E-state index in [4.69, 9.17) is 0 Å². The minimum atomic E-state index is 0.135. The highest BCUT2D eigenvalue weighted by atomic mass is 14.3. The zero-order valence-electron chi connectivity index (χ0n) is 17.7. The van der Waals surface area contributed by atoms with Gasteiger partial charge in [-0.25, -0.2) is 0 Å². The molecule has 0 amide bonds. The van der Waals surface area contributed by atoms with Crippen molar-refractivity contribution in [3.8, 4) is 11.1 Å². The second-order valence-electron chi connectivity index (χ2n) is 9.33. The third kappa shape index (κ3) is 4.17. The van der Waals surface area contributed by atoms with E-state index < -0.39 is 0 Å². The van der Waals surface area contributed by atoms with Crippen molar-refractivity contribution in [2.24, 2.45) is 0 Å². The molecule has 136 valence electrons. The fourth-order valence-electron chi connectivity index (χ4n) is 3.62. The first-order chi connectivity index (χ1) is 11.5. The van der Waals surface area contributed by atoms with Gasteiger partial charge < -0.3 is 0 Å². The first-order valence-electron chi connectivity index (χ1n) is 9.81. The van der Waals surface area contributed by atoms with Crippen molar-refractivity contribution in [2.45, 2.75) is 85.5 Å². The van der Waals surface area contributed by atoms with Crippen LogP contribution < -0.4 is 0 Å². The van der Waals surface area contributed by atoms with Gasteiger partial charge in [-0.15, -0.1) is 0 Å². The Hall–Kier alpha value is -1.56. The summed E-state index contributed by atoms with van der Waals surface area (Å²) in [5.41, 5.74) is 8.91. The summed E-state index contributed by atoms with van der Waals surface area (Å²) in [6.07, 6.45) is 0. The van der Waals surface area contributed by atoms with Crippen LogP contribution in [-0.4, -0.2) is 0 Å². The number of rotatable bonds is 4. The molecule has 0 atom stereocenters. The predicted octanol–water partition coefficient (Wildman–Crippen LogP) is 8.02. The van der Waals surface area contributed by atoms with Crippen molar-refractivity contribution in [1.29, 1.82) is 0 Å². The average molecular weight is 337 g/mol. The van der Waals surface area contributed by atoms with Crippen molar-refractivity contribution in [1.82, 2.24) is 0 Å². The van der Waals surface area contributed by atoms with Gasteiger partial charge in [-0.2, -0.15) is 0 Å². The van der Waals surface area contributed by atoms with Gasteiger partial charge in [-0.05, 0) is 56.5 Å². The van der Waals surface area contributed by atoms with Crippen molar-refractivity contribution in [2.75, 3.05) is 0 Å². The van der Waals surface area contributed by atoms with Gasteiger partial charge in [0.1, 0.15) is 0 Å². The summed E-state index contributed by atoms with van der Waals surface area (Å²) in [6.45, 7) is 20.9. The second kappa shape index (κ2) is 7.36. The molecule has 2 aromatic carbocycles. The van der Waals surface area contributed by atoms with E-state index in [1.807, 2.05) is 0 Å². The third-order valence-electron chi connectivity index (χ3n) is 5.14. The monoisotopic (exact) mass is 336 g/mol. The lowest BCUT2D eigenvalue weighted by molar-refractivity contribution is 0.591. The summed E-state index contributed by atoms with van der Waals surface area (Å²) in [7, 11) is 0. The maximum atomic E-state index is 2.45. The van der Waals surface area contributed by atoms with E-state index in [1.54, 1.807) is 0 Å². The Morgan fingerprint density at radius 2 is 1.16 bits per heavy atom. The molecule has 0 N–H and O–H groups in total. The smallest absolute Gasteiger partial charge is 0.0111 e. The van der Waals surface area contributed by atoms with Gasteiger partial charge in [0, 0.05) is 0 Å². The van der Waals surface area contributed by atoms with Crippen LogP contribution in [-0.2, 0) is 5.41 Å². The minimum Gasteiger partial charge on any atom is -0.0619 e. The predicted molar refractivity (Wildman–Crippen MR) is 113 cm³/mol. The van der Waals surface area contributed by atoms with E-state index in [2.05, 4.69) is 98.7 Å². The van der Waals surface area contributed by atoms with Crippen LogP contribution >= 0.6 is 0 Å². The summed E-state index contributed by atoms with van der Waals surface area (Å²) in [5, 5.41) is 0. The van der Waals surface area contributed by atoms with Gasteiger partial charge in [0.05, 0.1) is 0 Å². The molecule has 0 nitrogen and oxygen atoms in total. The molecule has 0 fully saturated rings. The Labute approximate surface area is 155 Å². The molecule has 25 heavy (non-hydrogen) atoms. The highest BCUT2D eigenvalue weighted by molar-refractivity contribution is 5.77. The number of hydrogen-bond donors (Lipinski definition) is 0. The largest absolute Gasteiger partial charge is 0.0619 e. The highest BCUT2D eigenvalue weighted by Crippen LogP contribution is 2.42. The van der Waals surface area contributed by atoms with Crippen LogP contribution in [0.15, 0.2) is 36.4 Å². The molecule has 0 heteroatoms. The molecule has 0 aromatic heterocycles. The molecule has 0 saturated heterocycles. The lowest BCUT2D eigenvalue weighted by Gasteiger charge is -2.28. The molecule has 0 aliphatic carbocycles. The zero-order valence-corrected chi connectivity index (χ0v) is 17.7. The van der Waals surface area contributed by atoms with Gasteiger partial charge in [-0.1, -0.05) is 98.7 Å². The molecule has 0 radical (unpaired) electrons. The summed E-state index contributed by atoms with van der Waals surface area (Å²) < 4.78 is 0. The van der Waals surface area contributed by atoms with E-state index in [-0.39, 0.29) is 5.41 Å². The third-order valence-corrected chi connectivity index (χ3v) is 5.14. The van der Waals surface area contributed by atoms with Crippen LogP contribution in [0.1, 0.15) is 102 Å². The van der Waals surface area contributed by atoms with Crippen LogP contribution in [0.2, 0.25) is 0 Å². The Balaban J connectivity index is 2.90. The quantitative estimate of drug-likeness (QED) is 0.530. The van der Waals surface area contributed by atoms with Crippen LogP contribution in [0.4, 0.5) is 0 Å². The van der Waals surface area contributed by atoms with Gasteiger partial charge in [0.25, 0.3) is 0 Å². The Kier molecular flexibility index (Phi) is 5.82. The summed E-state index contributed by atoms with van der Waals surface area (Å²) in [5.74, 6) is 1.58. The fourth-order valence-corrected chi connectivity index (χ4v) is 3.62. The highest BCUT2D eigenvalue weighted by Gasteiger charge is 2.24. The number of hydrogen-bond acceptors (Lipinski definition) is 0. The van der Waals surface area contributed by atoms with Crippen LogP contribution in [0.3, 0.4) is 0 Å². The average Bonchev–Trinajstić information content (AvgIpc) is 2.52. The van der Waals surface area contributed by atoms with E-state index in [0.717, 1.165) is 0 Å². The van der Waals surface area contributed by atoms with Crippen molar-refractivity contribution in [3.05, 3.63) is 58.7 Å². The molecule has 2 aromatic rings. The van der Waals surface area contributed by atoms with Crippen LogP contribution in [0.25, 0.3) is 11.1 Å². The molecular weight excluding hydrogens is 300 g/mol. The SMILES string of the molecule is CC(C)c1cc(C(C)C)c(-c2ccccc2C(C)(C)C)c(C(C)C)c1. The fraction of sp³-hybridized carbons (Fsp3) is 0.520. The number of benzene rings is 2. The molecule has 0 saturated carbocycles. The standard InChI is InChI=1S/C25H36/c1-16(2)19-14-21(17(3)4)24(22(15-19)18(5)6)20-12-10-11-13-23(20)25(7,8)9/h10-18H,1-9H3. The topological polar surface area (TPSA) is 0 Å². The molecule has 0 heterocycles. The summed E-state index contributed by atoms with van der Waals surface area (Å²) >= 11 is 0.